The number of rotatable bonds is 12. The molecular formula is C52H58N14O10S2. The molecule has 8 aromatic rings. The zero-order valence-corrected chi connectivity index (χ0v) is 46.3. The molecule has 4 N–H and O–H groups in total. The number of carbonyl (C=O) groups excluding carboxylic acids is 4. The van der Waals surface area contributed by atoms with Gasteiger partial charge in [0.2, 0.25) is 35.2 Å². The van der Waals surface area contributed by atoms with Crippen molar-refractivity contribution >= 4 is 96.6 Å². The highest BCUT2D eigenvalue weighted by atomic mass is 32.1. The predicted octanol–water partition coefficient (Wildman–Crippen LogP) is 8.80. The van der Waals surface area contributed by atoms with Gasteiger partial charge in [0.05, 0.1) is 22.4 Å². The third kappa shape index (κ3) is 13.4. The average molecular weight is 1100 g/mol. The van der Waals surface area contributed by atoms with E-state index in [0.29, 0.717) is 92.2 Å². The molecule has 0 saturated heterocycles. The maximum Gasteiger partial charge on any atom is 0.350 e. The molecule has 2 aromatic carbocycles. The molecule has 2 aliphatic carbocycles. The molecule has 0 aliphatic heterocycles. The lowest BCUT2D eigenvalue weighted by molar-refractivity contribution is -0.125. The Kier molecular flexibility index (Phi) is 16.5. The molecule has 26 heteroatoms. The van der Waals surface area contributed by atoms with Crippen LogP contribution in [0.2, 0.25) is 0 Å². The highest BCUT2D eigenvalue weighted by molar-refractivity contribution is 7.18. The van der Waals surface area contributed by atoms with Crippen LogP contribution in [0.25, 0.3) is 44.6 Å². The first kappa shape index (κ1) is 55.8. The van der Waals surface area contributed by atoms with Crippen LogP contribution in [-0.4, -0.2) is 116 Å². The van der Waals surface area contributed by atoms with Gasteiger partial charge in [-0.3, -0.25) is 19.3 Å². The molecule has 0 unspecified atom stereocenters. The second kappa shape index (κ2) is 23.1. The van der Waals surface area contributed by atoms with E-state index in [0.717, 1.165) is 44.3 Å². The number of thiazole rings is 2. The van der Waals surface area contributed by atoms with E-state index in [1.165, 1.54) is 28.9 Å². The lowest BCUT2D eigenvalue weighted by atomic mass is 9.79. The second-order valence-corrected chi connectivity index (χ2v) is 22.5. The van der Waals surface area contributed by atoms with Crippen LogP contribution in [0.4, 0.5) is 21.9 Å². The van der Waals surface area contributed by atoms with E-state index < -0.39 is 23.1 Å². The van der Waals surface area contributed by atoms with Gasteiger partial charge in [0.15, 0.2) is 10.3 Å². The first-order valence-electron chi connectivity index (χ1n) is 24.7. The van der Waals surface area contributed by atoms with Crippen molar-refractivity contribution in [1.82, 2.24) is 50.2 Å². The molecule has 0 bridgehead atoms. The van der Waals surface area contributed by atoms with Crippen LogP contribution in [0.5, 0.6) is 0 Å². The van der Waals surface area contributed by atoms with Gasteiger partial charge in [-0.25, -0.2) is 39.5 Å². The number of nitrogens with one attached hydrogen (secondary N) is 3. The minimum atomic E-state index is -0.605. The van der Waals surface area contributed by atoms with E-state index >= 15 is 0 Å². The van der Waals surface area contributed by atoms with Gasteiger partial charge < -0.3 is 39.6 Å². The smallest absolute Gasteiger partial charge is 0.350 e. The van der Waals surface area contributed by atoms with Gasteiger partial charge in [0.25, 0.3) is 6.47 Å². The van der Waals surface area contributed by atoms with Gasteiger partial charge in [-0.1, -0.05) is 33.0 Å². The Morgan fingerprint density at radius 3 is 1.56 bits per heavy atom. The Morgan fingerprint density at radius 1 is 0.667 bits per heavy atom. The lowest BCUT2D eigenvalue weighted by Gasteiger charge is -2.36. The van der Waals surface area contributed by atoms with Crippen molar-refractivity contribution in [2.24, 2.45) is 11.8 Å². The molecular weight excluding hydrogens is 1040 g/mol. The van der Waals surface area contributed by atoms with Crippen LogP contribution in [-0.2, 0) is 23.9 Å². The minimum Gasteiger partial charge on any atom is -0.483 e. The largest absolute Gasteiger partial charge is 0.483 e. The summed E-state index contributed by atoms with van der Waals surface area (Å²) in [5.74, 6) is 2.03. The molecule has 2 amide bonds. The van der Waals surface area contributed by atoms with Gasteiger partial charge in [-0.2, -0.15) is 9.97 Å². The van der Waals surface area contributed by atoms with Crippen LogP contribution in [0.1, 0.15) is 110 Å². The number of benzene rings is 2. The van der Waals surface area contributed by atoms with E-state index in [1.807, 2.05) is 77.9 Å². The molecule has 0 spiro atoms. The van der Waals surface area contributed by atoms with Crippen molar-refractivity contribution in [3.8, 4) is 22.8 Å². The Morgan fingerprint density at radius 2 is 1.12 bits per heavy atom. The summed E-state index contributed by atoms with van der Waals surface area (Å²) in [6.07, 6.45) is 5.63. The third-order valence-corrected chi connectivity index (χ3v) is 14.4. The van der Waals surface area contributed by atoms with Crippen LogP contribution in [0.15, 0.2) is 58.1 Å². The summed E-state index contributed by atoms with van der Waals surface area (Å²) in [6, 6.07) is 11.6. The fraction of sp³-hybridized carbons (Fsp3) is 0.404. The molecule has 408 valence electrons. The zero-order chi connectivity index (χ0) is 56.2. The number of aromatic nitrogens is 10. The summed E-state index contributed by atoms with van der Waals surface area (Å²) < 4.78 is 21.1. The SMILES string of the molecule is Cc1nc(-c2ccc3ncnc(NC4CC(C(=O)N(C)c5nc(C)c(C(=O)OC(C)(C)C)s5)C4)c3c2)no1.Cc1nc(-c2ccc3ncnc(NC4CC(C(=O)Nc5nc(C)c(C(=O)OC(C)(C)C)s5)C4)c3c2)no1.O=CO. The number of fused-ring (bicyclic) bond motifs is 2. The monoisotopic (exact) mass is 1100 g/mol. The topological polar surface area (TPSA) is 319 Å². The number of amides is 2. The number of nitrogens with zero attached hydrogens (tertiary/aromatic N) is 11. The van der Waals surface area contributed by atoms with E-state index in [1.54, 1.807) is 34.7 Å². The quantitative estimate of drug-likeness (QED) is 0.0655. The molecule has 6 aromatic heterocycles. The molecule has 0 atom stereocenters. The standard InChI is InChI=1S/C26H29N7O4S.C25H27N7O4S.CH2O2/c1-13-20(24(35)36-26(3,4)5)38-25(29-13)33(6)23(34)16-9-17(10-16)31-22-18-11-15(21-30-14(2)37-32-21)7-8-19(18)27-12-28-22;1-12-19(23(34)35-25(3,4)5)37-24(28-12)31-22(33)15-8-16(9-15)30-21-17-10-14(20-29-13(2)36-32-20)6-7-18(17)26-11-27-21;2-1-3/h7-8,11-12,16-17H,9-10H2,1-6H3,(H,27,28,31);6-7,10-11,15-16H,8-9H2,1-5H3,(H,26,27,30)(H,28,31,33);1H,(H,2,3). The van der Waals surface area contributed by atoms with Crippen molar-refractivity contribution in [2.75, 3.05) is 27.9 Å². The number of hydrogen-bond acceptors (Lipinski definition) is 23. The highest BCUT2D eigenvalue weighted by Gasteiger charge is 2.39. The van der Waals surface area contributed by atoms with Crippen LogP contribution in [0, 0.1) is 39.5 Å². The number of aryl methyl sites for hydroxylation is 4. The van der Waals surface area contributed by atoms with Gasteiger partial charge >= 0.3 is 11.9 Å². The zero-order valence-electron chi connectivity index (χ0n) is 44.7. The number of hydrogen-bond donors (Lipinski definition) is 4. The maximum atomic E-state index is 13.2. The Labute approximate surface area is 455 Å². The molecule has 10 rings (SSSR count). The number of anilines is 4. The average Bonchev–Trinajstić information content (AvgIpc) is 4.20. The van der Waals surface area contributed by atoms with Crippen LogP contribution >= 0.6 is 22.7 Å². The summed E-state index contributed by atoms with van der Waals surface area (Å²) in [7, 11) is 1.69. The minimum absolute atomic E-state index is 0.0325. The molecule has 78 heavy (non-hydrogen) atoms. The molecule has 0 radical (unpaired) electrons. The van der Waals surface area contributed by atoms with Crippen molar-refractivity contribution in [3.63, 3.8) is 0 Å². The van der Waals surface area contributed by atoms with Gasteiger partial charge in [0, 0.05) is 66.7 Å². The third-order valence-electron chi connectivity index (χ3n) is 12.1. The van der Waals surface area contributed by atoms with E-state index in [-0.39, 0.29) is 42.2 Å². The number of carboxylic acid groups (broad SMARTS) is 1. The molecule has 24 nitrogen and oxygen atoms in total. The normalized spacial score (nSPS) is 16.8. The van der Waals surface area contributed by atoms with Crippen LogP contribution < -0.4 is 20.9 Å². The number of carbonyl (C=O) groups is 5. The van der Waals surface area contributed by atoms with Crippen molar-refractivity contribution in [3.05, 3.63) is 82.0 Å². The number of ether oxygens (including phenoxy) is 2. The van der Waals surface area contributed by atoms with Crippen molar-refractivity contribution < 1.29 is 47.6 Å². The van der Waals surface area contributed by atoms with E-state index in [9.17, 15) is 19.2 Å². The first-order valence-corrected chi connectivity index (χ1v) is 26.3. The summed E-state index contributed by atoms with van der Waals surface area (Å²) in [5.41, 5.74) is 3.07. The maximum absolute atomic E-state index is 13.2. The van der Waals surface area contributed by atoms with Crippen molar-refractivity contribution in [1.29, 1.82) is 0 Å². The Balaban J connectivity index is 0.000000196. The summed E-state index contributed by atoms with van der Waals surface area (Å²) >= 11 is 2.30. The molecule has 2 fully saturated rings. The summed E-state index contributed by atoms with van der Waals surface area (Å²) in [6.45, 7) is 17.6. The second-order valence-electron chi connectivity index (χ2n) is 20.5. The lowest BCUT2D eigenvalue weighted by Crippen LogP contribution is -2.45. The van der Waals surface area contributed by atoms with Crippen LogP contribution in [0.3, 0.4) is 0 Å². The van der Waals surface area contributed by atoms with Gasteiger partial charge in [0.1, 0.15) is 45.2 Å². The van der Waals surface area contributed by atoms with Crippen molar-refractivity contribution in [2.45, 2.75) is 118 Å². The molecule has 2 aliphatic rings. The van der Waals surface area contributed by atoms with Gasteiger partial charge in [-0.05, 0) is 117 Å². The van der Waals surface area contributed by atoms with Gasteiger partial charge in [-0.15, -0.1) is 0 Å². The van der Waals surface area contributed by atoms with E-state index in [4.69, 9.17) is 28.4 Å². The molecule has 6 heterocycles. The fourth-order valence-corrected chi connectivity index (χ4v) is 10.1. The predicted molar refractivity (Wildman–Crippen MR) is 290 cm³/mol. The van der Waals surface area contributed by atoms with E-state index in [2.05, 4.69) is 66.1 Å². The summed E-state index contributed by atoms with van der Waals surface area (Å²) in [4.78, 5) is 96.5. The first-order chi connectivity index (χ1) is 36.9. The Bertz CT molecular complexity index is 3510. The highest BCUT2D eigenvalue weighted by Crippen LogP contribution is 2.37. The summed E-state index contributed by atoms with van der Waals surface area (Å²) in [5, 5.41) is 27.2. The fourth-order valence-electron chi connectivity index (χ4n) is 8.31. The number of esters is 2. The molecule has 2 saturated carbocycles. The Hall–Kier alpha value is -8.39.